The highest BCUT2D eigenvalue weighted by molar-refractivity contribution is 6.02. The molecule has 0 spiro atoms. The second-order valence-electron chi connectivity index (χ2n) is 8.42. The summed E-state index contributed by atoms with van der Waals surface area (Å²) in [5.41, 5.74) is 9.64. The fourth-order valence-corrected chi connectivity index (χ4v) is 4.21. The normalized spacial score (nSPS) is 16.1. The molecule has 1 fully saturated rings. The summed E-state index contributed by atoms with van der Waals surface area (Å²) in [4.78, 5) is 41.3. The summed E-state index contributed by atoms with van der Waals surface area (Å²) in [6.45, 7) is 2.04. The van der Waals surface area contributed by atoms with E-state index in [0.717, 1.165) is 22.9 Å². The average molecular weight is 459 g/mol. The summed E-state index contributed by atoms with van der Waals surface area (Å²) >= 11 is 0. The van der Waals surface area contributed by atoms with Crippen LogP contribution in [0.4, 0.5) is 16.2 Å². The molecule has 34 heavy (non-hydrogen) atoms. The number of rotatable bonds is 6. The monoisotopic (exact) mass is 458 g/mol. The first-order valence-corrected chi connectivity index (χ1v) is 11.1. The highest BCUT2D eigenvalue weighted by Crippen LogP contribution is 2.25. The minimum absolute atomic E-state index is 0.0432. The molecule has 0 radical (unpaired) electrons. The number of ketones is 1. The number of hydrogen-bond acceptors (Lipinski definition) is 5. The van der Waals surface area contributed by atoms with Gasteiger partial charge in [-0.05, 0) is 74.2 Å². The Morgan fingerprint density at radius 2 is 1.88 bits per heavy atom. The van der Waals surface area contributed by atoms with Crippen LogP contribution in [0.15, 0.2) is 48.7 Å². The van der Waals surface area contributed by atoms with Gasteiger partial charge in [0.25, 0.3) is 0 Å². The second-order valence-corrected chi connectivity index (χ2v) is 8.42. The maximum absolute atomic E-state index is 12.8. The fourth-order valence-electron chi connectivity index (χ4n) is 4.21. The fraction of sp³-hybridized carbons (Fsp3) is 0.280. The molecule has 1 aliphatic rings. The van der Waals surface area contributed by atoms with Gasteiger partial charge in [-0.15, -0.1) is 0 Å². The van der Waals surface area contributed by atoms with Gasteiger partial charge < -0.3 is 26.3 Å². The number of urea groups is 1. The van der Waals surface area contributed by atoms with Crippen molar-refractivity contribution in [3.05, 3.63) is 59.8 Å². The zero-order valence-corrected chi connectivity index (χ0v) is 18.8. The summed E-state index contributed by atoms with van der Waals surface area (Å²) in [5, 5.41) is 15.6. The van der Waals surface area contributed by atoms with Crippen LogP contribution in [0.2, 0.25) is 0 Å². The Hall–Kier alpha value is -4.16. The number of hydrogen-bond donors (Lipinski definition) is 4. The number of nitrogens with one attached hydrogen (secondary N) is 3. The minimum Gasteiger partial charge on any atom is -0.361 e. The highest BCUT2D eigenvalue weighted by Gasteiger charge is 2.31. The summed E-state index contributed by atoms with van der Waals surface area (Å²) in [5.74, 6) is -0.263. The molecule has 2 atom stereocenters. The summed E-state index contributed by atoms with van der Waals surface area (Å²) in [6, 6.07) is 12.7. The topological polar surface area (TPSA) is 144 Å². The van der Waals surface area contributed by atoms with Crippen LogP contribution in [0.5, 0.6) is 0 Å². The number of fused-ring (bicyclic) bond motifs is 1. The smallest absolute Gasteiger partial charge is 0.323 e. The van der Waals surface area contributed by atoms with Crippen LogP contribution in [0.1, 0.15) is 35.7 Å². The van der Waals surface area contributed by atoms with Gasteiger partial charge in [-0.2, -0.15) is 5.26 Å². The van der Waals surface area contributed by atoms with E-state index < -0.39 is 18.1 Å². The summed E-state index contributed by atoms with van der Waals surface area (Å²) < 4.78 is 0. The molecular weight excluding hydrogens is 432 g/mol. The van der Waals surface area contributed by atoms with Gasteiger partial charge in [0.05, 0.1) is 12.1 Å². The molecule has 2 heterocycles. The van der Waals surface area contributed by atoms with Crippen molar-refractivity contribution in [1.82, 2.24) is 9.88 Å². The number of aromatic nitrogens is 1. The molecule has 1 aliphatic heterocycles. The second kappa shape index (κ2) is 9.77. The quantitative estimate of drug-likeness (QED) is 0.419. The van der Waals surface area contributed by atoms with Crippen molar-refractivity contribution in [1.29, 1.82) is 5.26 Å². The number of nitrogens with zero attached hydrogens (tertiary/aromatic N) is 2. The first kappa shape index (κ1) is 23.0. The molecule has 2 aromatic carbocycles. The van der Waals surface area contributed by atoms with Crippen molar-refractivity contribution < 1.29 is 14.4 Å². The predicted octanol–water partition coefficient (Wildman–Crippen LogP) is 3.40. The third-order valence-electron chi connectivity index (χ3n) is 6.02. The van der Waals surface area contributed by atoms with Crippen molar-refractivity contribution >= 4 is 40.0 Å². The van der Waals surface area contributed by atoms with Gasteiger partial charge in [0.15, 0.2) is 5.78 Å². The lowest BCUT2D eigenvalue weighted by atomic mass is 10.0. The van der Waals surface area contributed by atoms with Crippen molar-refractivity contribution in [2.24, 2.45) is 5.73 Å². The maximum atomic E-state index is 12.8. The molecule has 0 saturated carbocycles. The van der Waals surface area contributed by atoms with E-state index in [1.54, 1.807) is 35.2 Å². The van der Waals surface area contributed by atoms with E-state index in [2.05, 4.69) is 21.7 Å². The number of likely N-dealkylation sites (tertiary alicyclic amines) is 1. The number of aromatic amines is 1. The number of Topliss-reactive ketones (excluding diaryl/α,β-unsaturated/α-hetero) is 1. The Morgan fingerprint density at radius 3 is 2.59 bits per heavy atom. The third kappa shape index (κ3) is 4.92. The van der Waals surface area contributed by atoms with E-state index in [-0.39, 0.29) is 11.7 Å². The van der Waals surface area contributed by atoms with Gasteiger partial charge in [-0.1, -0.05) is 0 Å². The Labute approximate surface area is 196 Å². The van der Waals surface area contributed by atoms with Crippen LogP contribution in [-0.2, 0) is 11.2 Å². The molecule has 4 rings (SSSR count). The largest absolute Gasteiger partial charge is 0.361 e. The standard InChI is InChI=1S/C25H26N6O3/c1-15(32)16-4-6-18(7-5-16)29-25(34)30-19-8-9-23-21(12-19)17(14-28-23)11-22(27)24(33)31-10-2-3-20(31)13-26/h4-9,12,14,20,22,28H,2-3,10-11,27H2,1H3,(H2,29,30,34)/t20-,22+/m1/s1. The lowest BCUT2D eigenvalue weighted by Crippen LogP contribution is -2.46. The highest BCUT2D eigenvalue weighted by atomic mass is 16.2. The minimum atomic E-state index is -0.758. The van der Waals surface area contributed by atoms with Crippen LogP contribution >= 0.6 is 0 Å². The molecule has 1 aromatic heterocycles. The summed E-state index contributed by atoms with van der Waals surface area (Å²) in [6.07, 6.45) is 3.61. The summed E-state index contributed by atoms with van der Waals surface area (Å²) in [7, 11) is 0. The molecule has 0 unspecified atom stereocenters. The van der Waals surface area contributed by atoms with E-state index in [4.69, 9.17) is 5.73 Å². The zero-order chi connectivity index (χ0) is 24.2. The third-order valence-corrected chi connectivity index (χ3v) is 6.02. The zero-order valence-electron chi connectivity index (χ0n) is 18.8. The van der Waals surface area contributed by atoms with Gasteiger partial charge in [-0.25, -0.2) is 4.79 Å². The number of nitriles is 1. The first-order chi connectivity index (χ1) is 16.4. The Balaban J connectivity index is 1.43. The number of amides is 3. The van der Waals surface area contributed by atoms with Gasteiger partial charge in [0, 0.05) is 40.6 Å². The lowest BCUT2D eigenvalue weighted by Gasteiger charge is -2.23. The molecule has 1 saturated heterocycles. The predicted molar refractivity (Wildman–Crippen MR) is 129 cm³/mol. The molecular formula is C25H26N6O3. The van der Waals surface area contributed by atoms with Crippen molar-refractivity contribution in [3.8, 4) is 6.07 Å². The molecule has 9 nitrogen and oxygen atoms in total. The maximum Gasteiger partial charge on any atom is 0.323 e. The van der Waals surface area contributed by atoms with Crippen LogP contribution < -0.4 is 16.4 Å². The molecule has 3 aromatic rings. The molecule has 0 aliphatic carbocycles. The van der Waals surface area contributed by atoms with E-state index >= 15 is 0 Å². The van der Waals surface area contributed by atoms with Gasteiger partial charge in [-0.3, -0.25) is 9.59 Å². The Morgan fingerprint density at radius 1 is 1.18 bits per heavy atom. The van der Waals surface area contributed by atoms with Crippen LogP contribution in [-0.4, -0.2) is 46.2 Å². The SMILES string of the molecule is CC(=O)c1ccc(NC(=O)Nc2ccc3[nH]cc(C[C@H](N)C(=O)N4CCC[C@@H]4C#N)c3c2)cc1. The first-order valence-electron chi connectivity index (χ1n) is 11.1. The number of benzene rings is 2. The number of H-pyrrole nitrogens is 1. The van der Waals surface area contributed by atoms with Crippen LogP contribution in [0.3, 0.4) is 0 Å². The van der Waals surface area contributed by atoms with Gasteiger partial charge >= 0.3 is 6.03 Å². The van der Waals surface area contributed by atoms with Crippen LogP contribution in [0.25, 0.3) is 10.9 Å². The van der Waals surface area contributed by atoms with Crippen molar-refractivity contribution in [3.63, 3.8) is 0 Å². The Kier molecular flexibility index (Phi) is 6.61. The van der Waals surface area contributed by atoms with E-state index in [1.807, 2.05) is 18.3 Å². The molecule has 9 heteroatoms. The Bertz CT molecular complexity index is 1270. The molecule has 0 bridgehead atoms. The van der Waals surface area contributed by atoms with E-state index in [9.17, 15) is 19.6 Å². The lowest BCUT2D eigenvalue weighted by molar-refractivity contribution is -0.132. The average Bonchev–Trinajstić information content (AvgIpc) is 3.45. The van der Waals surface area contributed by atoms with Crippen molar-refractivity contribution in [2.45, 2.75) is 38.3 Å². The van der Waals surface area contributed by atoms with Gasteiger partial charge in [0.1, 0.15) is 6.04 Å². The van der Waals surface area contributed by atoms with Crippen LogP contribution in [0, 0.1) is 11.3 Å². The van der Waals surface area contributed by atoms with E-state index in [0.29, 0.717) is 36.3 Å². The number of carbonyl (C=O) groups excluding carboxylic acids is 3. The molecule has 3 amide bonds. The number of nitrogens with two attached hydrogens (primary N) is 1. The number of carbonyl (C=O) groups is 3. The van der Waals surface area contributed by atoms with Gasteiger partial charge in [0.2, 0.25) is 5.91 Å². The number of anilines is 2. The molecule has 5 N–H and O–H groups in total. The van der Waals surface area contributed by atoms with E-state index in [1.165, 1.54) is 6.92 Å². The molecule has 174 valence electrons. The van der Waals surface area contributed by atoms with Crippen molar-refractivity contribution in [2.75, 3.05) is 17.2 Å².